The molecule has 2 aromatic rings. The first-order valence-electron chi connectivity index (χ1n) is 8.11. The number of carbonyl (C=O) groups is 1. The Bertz CT molecular complexity index is 711. The van der Waals surface area contributed by atoms with Gasteiger partial charge in [-0.1, -0.05) is 0 Å². The minimum absolute atomic E-state index is 0.0333. The van der Waals surface area contributed by atoms with E-state index in [9.17, 15) is 4.79 Å². The SMILES string of the molecule is O=C(c1ccncc1)N1CC[C@]2(C1)CN(c1ncccn1)CCO2. The number of likely N-dealkylation sites (tertiary alicyclic amines) is 1. The van der Waals surface area contributed by atoms with Crippen LogP contribution in [0.1, 0.15) is 16.8 Å². The number of aromatic nitrogens is 3. The van der Waals surface area contributed by atoms with Crippen LogP contribution in [0.25, 0.3) is 0 Å². The molecule has 0 aliphatic carbocycles. The van der Waals surface area contributed by atoms with Crippen molar-refractivity contribution in [2.75, 3.05) is 37.7 Å². The summed E-state index contributed by atoms with van der Waals surface area (Å²) in [5, 5.41) is 0. The van der Waals surface area contributed by atoms with Gasteiger partial charge in [-0.25, -0.2) is 9.97 Å². The normalized spacial score (nSPS) is 23.7. The molecule has 2 aromatic heterocycles. The Labute approximate surface area is 140 Å². The second-order valence-corrected chi connectivity index (χ2v) is 6.21. The van der Waals surface area contributed by atoms with E-state index >= 15 is 0 Å². The third kappa shape index (κ3) is 2.82. The third-order valence-corrected chi connectivity index (χ3v) is 4.61. The largest absolute Gasteiger partial charge is 0.369 e. The average molecular weight is 325 g/mol. The van der Waals surface area contributed by atoms with Crippen LogP contribution >= 0.6 is 0 Å². The molecule has 1 amide bonds. The van der Waals surface area contributed by atoms with Gasteiger partial charge in [0.25, 0.3) is 5.91 Å². The van der Waals surface area contributed by atoms with Crippen molar-refractivity contribution in [2.24, 2.45) is 0 Å². The van der Waals surface area contributed by atoms with Crippen LogP contribution in [0.3, 0.4) is 0 Å². The van der Waals surface area contributed by atoms with Crippen LogP contribution in [0.4, 0.5) is 5.95 Å². The molecule has 7 nitrogen and oxygen atoms in total. The molecule has 124 valence electrons. The summed E-state index contributed by atoms with van der Waals surface area (Å²) in [5.74, 6) is 0.755. The van der Waals surface area contributed by atoms with Crippen LogP contribution in [-0.2, 0) is 4.74 Å². The van der Waals surface area contributed by atoms with Gasteiger partial charge >= 0.3 is 0 Å². The second kappa shape index (κ2) is 6.16. The van der Waals surface area contributed by atoms with Crippen molar-refractivity contribution in [3.63, 3.8) is 0 Å². The van der Waals surface area contributed by atoms with E-state index < -0.39 is 0 Å². The molecular weight excluding hydrogens is 306 g/mol. The molecule has 4 heterocycles. The lowest BCUT2D eigenvalue weighted by atomic mass is 10.0. The monoisotopic (exact) mass is 325 g/mol. The summed E-state index contributed by atoms with van der Waals surface area (Å²) < 4.78 is 6.09. The number of hydrogen-bond acceptors (Lipinski definition) is 6. The molecule has 2 saturated heterocycles. The van der Waals surface area contributed by atoms with Crippen molar-refractivity contribution in [1.82, 2.24) is 19.9 Å². The molecule has 0 bridgehead atoms. The van der Waals surface area contributed by atoms with Crippen molar-refractivity contribution in [3.8, 4) is 0 Å². The van der Waals surface area contributed by atoms with Crippen molar-refractivity contribution in [1.29, 1.82) is 0 Å². The van der Waals surface area contributed by atoms with E-state index in [-0.39, 0.29) is 11.5 Å². The predicted octanol–water partition coefficient (Wildman–Crippen LogP) is 0.993. The summed E-state index contributed by atoms with van der Waals surface area (Å²) in [5.41, 5.74) is 0.335. The number of ether oxygens (including phenoxy) is 1. The Morgan fingerprint density at radius 3 is 2.67 bits per heavy atom. The molecule has 2 fully saturated rings. The molecule has 2 aliphatic heterocycles. The van der Waals surface area contributed by atoms with E-state index in [1.54, 1.807) is 36.9 Å². The second-order valence-electron chi connectivity index (χ2n) is 6.21. The van der Waals surface area contributed by atoms with Gasteiger partial charge in [-0.3, -0.25) is 9.78 Å². The van der Waals surface area contributed by atoms with E-state index in [4.69, 9.17) is 4.74 Å². The lowest BCUT2D eigenvalue weighted by Gasteiger charge is -2.40. The van der Waals surface area contributed by atoms with Gasteiger partial charge in [-0.05, 0) is 24.6 Å². The van der Waals surface area contributed by atoms with Gasteiger partial charge in [0, 0.05) is 43.4 Å². The van der Waals surface area contributed by atoms with E-state index in [0.717, 1.165) is 18.9 Å². The molecule has 0 saturated carbocycles. The summed E-state index contributed by atoms with van der Waals surface area (Å²) in [7, 11) is 0. The highest BCUT2D eigenvalue weighted by atomic mass is 16.5. The molecular formula is C17H19N5O2. The minimum Gasteiger partial charge on any atom is -0.369 e. The summed E-state index contributed by atoms with van der Waals surface area (Å²) >= 11 is 0. The Balaban J connectivity index is 1.48. The molecule has 2 aliphatic rings. The summed E-state index contributed by atoms with van der Waals surface area (Å²) in [6.45, 7) is 3.39. The molecule has 1 atom stereocenters. The van der Waals surface area contributed by atoms with Crippen LogP contribution in [0.15, 0.2) is 43.0 Å². The lowest BCUT2D eigenvalue weighted by molar-refractivity contribution is -0.0462. The minimum atomic E-state index is -0.333. The van der Waals surface area contributed by atoms with Crippen molar-refractivity contribution in [3.05, 3.63) is 48.5 Å². The number of hydrogen-bond donors (Lipinski definition) is 0. The van der Waals surface area contributed by atoms with E-state index in [1.807, 2.05) is 11.0 Å². The number of amides is 1. The summed E-state index contributed by atoms with van der Waals surface area (Å²) in [6.07, 6.45) is 7.61. The molecule has 1 spiro atoms. The van der Waals surface area contributed by atoms with Gasteiger partial charge in [0.2, 0.25) is 5.95 Å². The fourth-order valence-corrected chi connectivity index (χ4v) is 3.41. The smallest absolute Gasteiger partial charge is 0.254 e. The maximum atomic E-state index is 12.6. The highest BCUT2D eigenvalue weighted by Gasteiger charge is 2.44. The van der Waals surface area contributed by atoms with Crippen LogP contribution in [0, 0.1) is 0 Å². The van der Waals surface area contributed by atoms with Gasteiger partial charge < -0.3 is 14.5 Å². The van der Waals surface area contributed by atoms with Gasteiger partial charge in [0.1, 0.15) is 5.60 Å². The van der Waals surface area contributed by atoms with Crippen LogP contribution in [0.2, 0.25) is 0 Å². The van der Waals surface area contributed by atoms with E-state index in [1.165, 1.54) is 0 Å². The molecule has 4 rings (SSSR count). The Morgan fingerprint density at radius 2 is 1.88 bits per heavy atom. The molecule has 24 heavy (non-hydrogen) atoms. The molecule has 0 N–H and O–H groups in total. The van der Waals surface area contributed by atoms with Crippen molar-refractivity contribution >= 4 is 11.9 Å². The van der Waals surface area contributed by atoms with Crippen LogP contribution in [-0.4, -0.2) is 64.1 Å². The van der Waals surface area contributed by atoms with Gasteiger partial charge in [0.15, 0.2) is 0 Å². The highest BCUT2D eigenvalue weighted by Crippen LogP contribution is 2.31. The van der Waals surface area contributed by atoms with E-state index in [2.05, 4.69) is 19.9 Å². The maximum absolute atomic E-state index is 12.6. The number of anilines is 1. The standard InChI is InChI=1S/C17H19N5O2/c23-15(14-2-7-18-8-3-14)21-9-4-17(12-21)13-22(10-11-24-17)16-19-5-1-6-20-16/h1-3,5-8H,4,9-13H2/t17-/m0/s1. The van der Waals surface area contributed by atoms with Gasteiger partial charge in [0.05, 0.1) is 19.7 Å². The Hall–Kier alpha value is -2.54. The molecule has 0 unspecified atom stereocenters. The molecule has 0 aromatic carbocycles. The number of morpholine rings is 1. The van der Waals surface area contributed by atoms with Gasteiger partial charge in [-0.2, -0.15) is 0 Å². The zero-order valence-corrected chi connectivity index (χ0v) is 13.3. The topological polar surface area (TPSA) is 71.5 Å². The van der Waals surface area contributed by atoms with Crippen molar-refractivity contribution < 1.29 is 9.53 Å². The molecule has 7 heteroatoms. The summed E-state index contributed by atoms with van der Waals surface area (Å²) in [4.78, 5) is 29.3. The first-order valence-corrected chi connectivity index (χ1v) is 8.11. The first-order chi connectivity index (χ1) is 11.8. The number of carbonyl (C=O) groups excluding carboxylic acids is 1. The quantitative estimate of drug-likeness (QED) is 0.820. The summed E-state index contributed by atoms with van der Waals surface area (Å²) in [6, 6.07) is 5.31. The van der Waals surface area contributed by atoms with Crippen molar-refractivity contribution in [2.45, 2.75) is 12.0 Å². The fraction of sp³-hybridized carbons (Fsp3) is 0.412. The number of nitrogens with zero attached hydrogens (tertiary/aromatic N) is 5. The predicted molar refractivity (Wildman–Crippen MR) is 87.7 cm³/mol. The third-order valence-electron chi connectivity index (χ3n) is 4.61. The number of pyridine rings is 1. The van der Waals surface area contributed by atoms with E-state index in [0.29, 0.717) is 31.8 Å². The first kappa shape index (κ1) is 15.0. The fourth-order valence-electron chi connectivity index (χ4n) is 3.41. The Morgan fingerprint density at radius 1 is 1.08 bits per heavy atom. The highest BCUT2D eigenvalue weighted by molar-refractivity contribution is 5.94. The Kier molecular flexibility index (Phi) is 3.86. The zero-order valence-electron chi connectivity index (χ0n) is 13.3. The lowest BCUT2D eigenvalue weighted by Crippen LogP contribution is -2.54. The number of rotatable bonds is 2. The van der Waals surface area contributed by atoms with Crippen LogP contribution in [0.5, 0.6) is 0 Å². The average Bonchev–Trinajstić information content (AvgIpc) is 3.06. The molecule has 0 radical (unpaired) electrons. The van der Waals surface area contributed by atoms with Gasteiger partial charge in [-0.15, -0.1) is 0 Å². The maximum Gasteiger partial charge on any atom is 0.254 e. The van der Waals surface area contributed by atoms with Crippen LogP contribution < -0.4 is 4.90 Å². The zero-order chi connectivity index (χ0) is 16.4.